The first kappa shape index (κ1) is 14.7. The van der Waals surface area contributed by atoms with E-state index in [1.54, 1.807) is 7.11 Å². The summed E-state index contributed by atoms with van der Waals surface area (Å²) >= 11 is 2.00. The number of thioether (sulfide) groups is 1. The van der Waals surface area contributed by atoms with E-state index in [0.717, 1.165) is 31.7 Å². The lowest BCUT2D eigenvalue weighted by Gasteiger charge is -2.58. The molecule has 0 aromatic carbocycles. The molecular weight excluding hydrogens is 272 g/mol. The summed E-state index contributed by atoms with van der Waals surface area (Å²) in [6, 6.07) is 0.950. The number of carbonyl (C=O) groups excluding carboxylic acids is 1. The van der Waals surface area contributed by atoms with Crippen molar-refractivity contribution in [3.63, 3.8) is 0 Å². The Morgan fingerprint density at radius 3 is 2.50 bits per heavy atom. The zero-order valence-electron chi connectivity index (χ0n) is 12.7. The van der Waals surface area contributed by atoms with Gasteiger partial charge in [-0.2, -0.15) is 0 Å². The topological polar surface area (TPSA) is 32.8 Å². The first-order chi connectivity index (χ1) is 9.63. The molecule has 3 atom stereocenters. The van der Waals surface area contributed by atoms with Gasteiger partial charge in [0, 0.05) is 38.2 Å². The summed E-state index contributed by atoms with van der Waals surface area (Å²) in [5.74, 6) is 1.80. The lowest BCUT2D eigenvalue weighted by atomic mass is 9.78. The van der Waals surface area contributed by atoms with Gasteiger partial charge in [0.1, 0.15) is 0 Å². The summed E-state index contributed by atoms with van der Waals surface area (Å²) in [4.78, 5) is 17.3. The Morgan fingerprint density at radius 2 is 1.95 bits per heavy atom. The van der Waals surface area contributed by atoms with Crippen LogP contribution >= 0.6 is 11.8 Å². The van der Waals surface area contributed by atoms with E-state index in [2.05, 4.69) is 23.6 Å². The van der Waals surface area contributed by atoms with E-state index in [4.69, 9.17) is 4.74 Å². The van der Waals surface area contributed by atoms with E-state index in [9.17, 15) is 4.79 Å². The van der Waals surface area contributed by atoms with Crippen molar-refractivity contribution in [3.05, 3.63) is 0 Å². The number of carbonyl (C=O) groups is 1. The zero-order valence-corrected chi connectivity index (χ0v) is 13.6. The van der Waals surface area contributed by atoms with Gasteiger partial charge in [0.05, 0.1) is 11.5 Å². The molecule has 0 radical (unpaired) electrons. The van der Waals surface area contributed by atoms with Gasteiger partial charge < -0.3 is 9.64 Å². The molecule has 0 spiro atoms. The van der Waals surface area contributed by atoms with Gasteiger partial charge >= 0.3 is 0 Å². The number of rotatable bonds is 5. The van der Waals surface area contributed by atoms with Crippen molar-refractivity contribution in [2.45, 2.75) is 56.7 Å². The van der Waals surface area contributed by atoms with Gasteiger partial charge in [0.15, 0.2) is 0 Å². The van der Waals surface area contributed by atoms with Gasteiger partial charge in [-0.15, -0.1) is 11.8 Å². The number of fused-ring (bicyclic) bond motifs is 2. The van der Waals surface area contributed by atoms with Gasteiger partial charge in [-0.25, -0.2) is 0 Å². The third kappa shape index (κ3) is 2.48. The molecule has 4 aliphatic rings. The summed E-state index contributed by atoms with van der Waals surface area (Å²) in [5.41, 5.74) is 0. The third-order valence-electron chi connectivity index (χ3n) is 5.18. The van der Waals surface area contributed by atoms with Crippen LogP contribution in [0.15, 0.2) is 0 Å². The molecule has 0 N–H and O–H groups in total. The molecule has 4 nitrogen and oxygen atoms in total. The summed E-state index contributed by atoms with van der Waals surface area (Å²) < 4.78 is 5.29. The minimum atomic E-state index is 0.235. The van der Waals surface area contributed by atoms with Crippen molar-refractivity contribution in [2.24, 2.45) is 5.92 Å². The summed E-state index contributed by atoms with van der Waals surface area (Å²) in [6.45, 7) is 6.64. The van der Waals surface area contributed by atoms with Crippen molar-refractivity contribution >= 4 is 17.7 Å². The summed E-state index contributed by atoms with van der Waals surface area (Å²) in [6.07, 6.45) is 3.39. The molecule has 3 unspecified atom stereocenters. The largest absolute Gasteiger partial charge is 0.381 e. The van der Waals surface area contributed by atoms with Crippen LogP contribution in [0.2, 0.25) is 0 Å². The first-order valence-electron chi connectivity index (χ1n) is 7.84. The van der Waals surface area contributed by atoms with Crippen LogP contribution in [0.5, 0.6) is 0 Å². The average molecular weight is 298 g/mol. The number of nitrogens with zero attached hydrogens (tertiary/aromatic N) is 2. The van der Waals surface area contributed by atoms with Crippen LogP contribution < -0.4 is 0 Å². The van der Waals surface area contributed by atoms with Crippen molar-refractivity contribution < 1.29 is 9.53 Å². The fourth-order valence-electron chi connectivity index (χ4n) is 3.82. The Balaban J connectivity index is 1.51. The monoisotopic (exact) mass is 298 g/mol. The molecule has 1 amide bonds. The molecule has 4 fully saturated rings. The molecule has 3 heterocycles. The number of amides is 1. The predicted octanol–water partition coefficient (Wildman–Crippen LogP) is 1.80. The number of piperazine rings is 1. The third-order valence-corrected chi connectivity index (χ3v) is 6.29. The van der Waals surface area contributed by atoms with Crippen molar-refractivity contribution in [1.82, 2.24) is 9.80 Å². The van der Waals surface area contributed by atoms with E-state index < -0.39 is 0 Å². The molecule has 20 heavy (non-hydrogen) atoms. The zero-order chi connectivity index (χ0) is 14.3. The molecule has 2 bridgehead atoms. The maximum atomic E-state index is 12.5. The summed E-state index contributed by atoms with van der Waals surface area (Å²) in [5, 5.41) is 0.587. The van der Waals surface area contributed by atoms with Crippen molar-refractivity contribution in [3.8, 4) is 0 Å². The maximum Gasteiger partial charge on any atom is 0.226 e. The van der Waals surface area contributed by atoms with E-state index in [-0.39, 0.29) is 5.92 Å². The number of methoxy groups -OCH3 is 1. The molecule has 0 aromatic heterocycles. The Hall–Kier alpha value is -0.260. The second-order valence-electron chi connectivity index (χ2n) is 6.32. The lowest BCUT2D eigenvalue weighted by molar-refractivity contribution is -0.166. The molecule has 3 saturated heterocycles. The number of hydrogen-bond acceptors (Lipinski definition) is 4. The van der Waals surface area contributed by atoms with Gasteiger partial charge in [-0.3, -0.25) is 9.69 Å². The molecular formula is C15H26N2O2S. The van der Waals surface area contributed by atoms with Crippen molar-refractivity contribution in [2.75, 3.05) is 26.0 Å². The molecule has 4 rings (SSSR count). The van der Waals surface area contributed by atoms with Crippen LogP contribution in [0.3, 0.4) is 0 Å². The fraction of sp³-hybridized carbons (Fsp3) is 0.933. The first-order valence-corrected chi connectivity index (χ1v) is 8.89. The van der Waals surface area contributed by atoms with E-state index >= 15 is 0 Å². The van der Waals surface area contributed by atoms with Gasteiger partial charge in [-0.05, 0) is 31.9 Å². The standard InChI is InChI=1S/C15H26N2O2S/c1-4-20-10(2)16-8-12-7-13(9-16)17(12)15(18)11-5-14(6-11)19-3/h10-14H,4-9H2,1-3H3. The van der Waals surface area contributed by atoms with Crippen LogP contribution in [-0.4, -0.2) is 65.2 Å². The highest BCUT2D eigenvalue weighted by Gasteiger charge is 2.50. The normalized spacial score (nSPS) is 38.0. The quantitative estimate of drug-likeness (QED) is 0.775. The number of ether oxygens (including phenoxy) is 1. The second-order valence-corrected chi connectivity index (χ2v) is 7.92. The highest BCUT2D eigenvalue weighted by Crippen LogP contribution is 2.39. The molecule has 1 saturated carbocycles. The average Bonchev–Trinajstić information content (AvgIpc) is 2.37. The Bertz CT molecular complexity index is 361. The molecule has 3 aliphatic heterocycles. The molecule has 0 aromatic rings. The molecule has 5 heteroatoms. The SMILES string of the molecule is CCSC(C)N1CC2CC(C1)N2C(=O)C1CC(OC)C1. The Labute approximate surface area is 126 Å². The highest BCUT2D eigenvalue weighted by atomic mass is 32.2. The second kappa shape index (κ2) is 5.85. The van der Waals surface area contributed by atoms with Gasteiger partial charge in [-0.1, -0.05) is 6.92 Å². The van der Waals surface area contributed by atoms with Gasteiger partial charge in [0.2, 0.25) is 5.91 Å². The minimum Gasteiger partial charge on any atom is -0.381 e. The number of hydrogen-bond donors (Lipinski definition) is 0. The van der Waals surface area contributed by atoms with Crippen LogP contribution in [-0.2, 0) is 9.53 Å². The minimum absolute atomic E-state index is 0.235. The fourth-order valence-corrected chi connectivity index (χ4v) is 4.68. The van der Waals surface area contributed by atoms with E-state index in [0.29, 0.717) is 29.5 Å². The van der Waals surface area contributed by atoms with Crippen LogP contribution in [0.1, 0.15) is 33.1 Å². The van der Waals surface area contributed by atoms with E-state index in [1.807, 2.05) is 11.8 Å². The number of piperidine rings is 1. The van der Waals surface area contributed by atoms with Crippen molar-refractivity contribution in [1.29, 1.82) is 0 Å². The summed E-state index contributed by atoms with van der Waals surface area (Å²) in [7, 11) is 1.74. The Kier molecular flexibility index (Phi) is 4.29. The van der Waals surface area contributed by atoms with Crippen LogP contribution in [0.4, 0.5) is 0 Å². The van der Waals surface area contributed by atoms with Crippen LogP contribution in [0.25, 0.3) is 0 Å². The lowest BCUT2D eigenvalue weighted by Crippen LogP contribution is -2.72. The molecule has 1 aliphatic carbocycles. The smallest absolute Gasteiger partial charge is 0.226 e. The van der Waals surface area contributed by atoms with E-state index in [1.165, 1.54) is 6.42 Å². The van der Waals surface area contributed by atoms with Crippen LogP contribution in [0, 0.1) is 5.92 Å². The Morgan fingerprint density at radius 1 is 1.30 bits per heavy atom. The van der Waals surface area contributed by atoms with Gasteiger partial charge in [0.25, 0.3) is 0 Å². The highest BCUT2D eigenvalue weighted by molar-refractivity contribution is 7.99. The maximum absolute atomic E-state index is 12.5. The molecule has 114 valence electrons. The predicted molar refractivity (Wildman–Crippen MR) is 81.7 cm³/mol.